The van der Waals surface area contributed by atoms with Crippen LogP contribution in [-0.2, 0) is 4.79 Å². The van der Waals surface area contributed by atoms with Crippen LogP contribution in [0, 0.1) is 0 Å². The smallest absolute Gasteiger partial charge is 0.258 e. The minimum Gasteiger partial charge on any atom is -0.484 e. The lowest BCUT2D eigenvalue weighted by atomic mass is 10.1. The first-order valence-corrected chi connectivity index (χ1v) is 9.71. The van der Waals surface area contributed by atoms with Crippen molar-refractivity contribution < 1.29 is 9.53 Å². The fourth-order valence-electron chi connectivity index (χ4n) is 3.15. The minimum atomic E-state index is -0.171. The van der Waals surface area contributed by atoms with Gasteiger partial charge in [-0.15, -0.1) is 0 Å². The largest absolute Gasteiger partial charge is 0.484 e. The highest BCUT2D eigenvalue weighted by Crippen LogP contribution is 2.22. The molecular formula is C24H22N4O2. The monoisotopic (exact) mass is 398 g/mol. The third-order valence-electron chi connectivity index (χ3n) is 4.79. The van der Waals surface area contributed by atoms with E-state index < -0.39 is 0 Å². The van der Waals surface area contributed by atoms with Crippen molar-refractivity contribution >= 4 is 5.91 Å². The number of nitrogens with one attached hydrogen (secondary N) is 1. The lowest BCUT2D eigenvalue weighted by molar-refractivity contribution is -0.123. The number of aromatic nitrogens is 3. The van der Waals surface area contributed by atoms with Crippen molar-refractivity contribution in [3.63, 3.8) is 0 Å². The molecule has 4 aromatic rings. The van der Waals surface area contributed by atoms with Crippen molar-refractivity contribution in [1.29, 1.82) is 0 Å². The molecule has 30 heavy (non-hydrogen) atoms. The number of hydrogen-bond donors (Lipinski definition) is 1. The maximum Gasteiger partial charge on any atom is 0.258 e. The summed E-state index contributed by atoms with van der Waals surface area (Å²) in [5.74, 6) is 0.490. The maximum atomic E-state index is 12.3. The summed E-state index contributed by atoms with van der Waals surface area (Å²) in [6.07, 6.45) is 3.13. The number of rotatable bonds is 7. The number of nitrogens with zero attached hydrogens (tertiary/aromatic N) is 3. The van der Waals surface area contributed by atoms with Crippen LogP contribution in [0.1, 0.15) is 18.5 Å². The normalized spacial score (nSPS) is 11.6. The van der Waals surface area contributed by atoms with E-state index in [4.69, 9.17) is 4.74 Å². The molecule has 1 aromatic heterocycles. The molecule has 0 aliphatic rings. The van der Waals surface area contributed by atoms with Crippen molar-refractivity contribution in [3.8, 4) is 22.6 Å². The van der Waals surface area contributed by atoms with Crippen LogP contribution >= 0.6 is 0 Å². The minimum absolute atomic E-state index is 0.0357. The molecule has 150 valence electrons. The average Bonchev–Trinajstić information content (AvgIpc) is 3.34. The Morgan fingerprint density at radius 1 is 0.967 bits per heavy atom. The van der Waals surface area contributed by atoms with Gasteiger partial charge >= 0.3 is 0 Å². The molecule has 0 aliphatic heterocycles. The standard InChI is InChI=1S/C24H22N4O2/c1-18(19-7-11-22(12-8-19)28-17-25-16-26-28)27-24(29)15-30-23-13-9-21(10-14-23)20-5-3-2-4-6-20/h2-14,16-18H,15H2,1H3,(H,27,29). The van der Waals surface area contributed by atoms with Crippen molar-refractivity contribution in [2.24, 2.45) is 0 Å². The number of benzene rings is 3. The molecule has 6 heteroatoms. The van der Waals surface area contributed by atoms with Gasteiger partial charge in [0.05, 0.1) is 11.7 Å². The number of ether oxygens (including phenoxy) is 1. The third kappa shape index (κ3) is 4.72. The van der Waals surface area contributed by atoms with Crippen LogP contribution in [0.25, 0.3) is 16.8 Å². The fraction of sp³-hybridized carbons (Fsp3) is 0.125. The summed E-state index contributed by atoms with van der Waals surface area (Å²) in [4.78, 5) is 16.2. The van der Waals surface area contributed by atoms with Gasteiger partial charge < -0.3 is 10.1 Å². The van der Waals surface area contributed by atoms with Crippen LogP contribution in [0.3, 0.4) is 0 Å². The van der Waals surface area contributed by atoms with E-state index in [2.05, 4.69) is 27.5 Å². The maximum absolute atomic E-state index is 12.3. The van der Waals surface area contributed by atoms with Crippen LogP contribution < -0.4 is 10.1 Å². The van der Waals surface area contributed by atoms with Gasteiger partial charge in [0, 0.05) is 0 Å². The molecule has 0 spiro atoms. The second-order valence-corrected chi connectivity index (χ2v) is 6.90. The van der Waals surface area contributed by atoms with Crippen molar-refractivity contribution in [1.82, 2.24) is 20.1 Å². The Morgan fingerprint density at radius 2 is 1.67 bits per heavy atom. The molecule has 0 radical (unpaired) electrons. The van der Waals surface area contributed by atoms with Crippen LogP contribution in [0.15, 0.2) is 91.5 Å². The molecule has 1 atom stereocenters. The third-order valence-corrected chi connectivity index (χ3v) is 4.79. The summed E-state index contributed by atoms with van der Waals surface area (Å²) in [6, 6.07) is 25.5. The van der Waals surface area contributed by atoms with Crippen molar-refractivity contribution in [3.05, 3.63) is 97.1 Å². The topological polar surface area (TPSA) is 69.0 Å². The quantitative estimate of drug-likeness (QED) is 0.507. The van der Waals surface area contributed by atoms with Crippen molar-refractivity contribution in [2.75, 3.05) is 6.61 Å². The van der Waals surface area contributed by atoms with Gasteiger partial charge in [-0.1, -0.05) is 54.6 Å². The predicted molar refractivity (Wildman–Crippen MR) is 115 cm³/mol. The number of amides is 1. The molecule has 0 saturated carbocycles. The number of carbonyl (C=O) groups excluding carboxylic acids is 1. The second-order valence-electron chi connectivity index (χ2n) is 6.90. The fourth-order valence-corrected chi connectivity index (χ4v) is 3.15. The SMILES string of the molecule is CC(NC(=O)COc1ccc(-c2ccccc2)cc1)c1ccc(-n2cncn2)cc1. The summed E-state index contributed by atoms with van der Waals surface area (Å²) < 4.78 is 7.32. The highest BCUT2D eigenvalue weighted by molar-refractivity contribution is 5.78. The lowest BCUT2D eigenvalue weighted by Gasteiger charge is -2.15. The zero-order chi connectivity index (χ0) is 20.8. The highest BCUT2D eigenvalue weighted by atomic mass is 16.5. The molecule has 1 unspecified atom stereocenters. The molecule has 0 bridgehead atoms. The van der Waals surface area contributed by atoms with E-state index in [0.717, 1.165) is 22.4 Å². The molecule has 0 aliphatic carbocycles. The zero-order valence-corrected chi connectivity index (χ0v) is 16.6. The Kier molecular flexibility index (Phi) is 5.85. The van der Waals surface area contributed by atoms with Crippen LogP contribution in [0.2, 0.25) is 0 Å². The first kappa shape index (κ1) is 19.4. The lowest BCUT2D eigenvalue weighted by Crippen LogP contribution is -2.31. The van der Waals surface area contributed by atoms with E-state index in [0.29, 0.717) is 5.75 Å². The first-order chi connectivity index (χ1) is 14.7. The Morgan fingerprint density at radius 3 is 2.33 bits per heavy atom. The van der Waals surface area contributed by atoms with E-state index in [-0.39, 0.29) is 18.6 Å². The van der Waals surface area contributed by atoms with Crippen LogP contribution in [0.4, 0.5) is 0 Å². The molecule has 4 rings (SSSR count). The van der Waals surface area contributed by atoms with E-state index in [1.165, 1.54) is 6.33 Å². The van der Waals surface area contributed by atoms with Gasteiger partial charge in [0.1, 0.15) is 18.4 Å². The van der Waals surface area contributed by atoms with E-state index in [1.807, 2.05) is 73.7 Å². The van der Waals surface area contributed by atoms with Gasteiger partial charge in [0.2, 0.25) is 0 Å². The second kappa shape index (κ2) is 9.05. The number of carbonyl (C=O) groups is 1. The predicted octanol–water partition coefficient (Wildman–Crippen LogP) is 4.19. The Bertz CT molecular complexity index is 1080. The Hall–Kier alpha value is -3.93. The molecule has 0 fully saturated rings. The van der Waals surface area contributed by atoms with Gasteiger partial charge in [-0.3, -0.25) is 4.79 Å². The molecule has 1 N–H and O–H groups in total. The summed E-state index contributed by atoms with van der Waals surface area (Å²) in [5, 5.41) is 7.06. The van der Waals surface area contributed by atoms with E-state index >= 15 is 0 Å². The summed E-state index contributed by atoms with van der Waals surface area (Å²) >= 11 is 0. The van der Waals surface area contributed by atoms with Gasteiger partial charge in [-0.2, -0.15) is 5.10 Å². The van der Waals surface area contributed by atoms with E-state index in [1.54, 1.807) is 11.0 Å². The molecular weight excluding hydrogens is 376 g/mol. The van der Waals surface area contributed by atoms with Crippen molar-refractivity contribution in [2.45, 2.75) is 13.0 Å². The van der Waals surface area contributed by atoms with Gasteiger partial charge in [-0.05, 0) is 47.9 Å². The van der Waals surface area contributed by atoms with Crippen LogP contribution in [-0.4, -0.2) is 27.3 Å². The Balaban J connectivity index is 1.29. The number of hydrogen-bond acceptors (Lipinski definition) is 4. The molecule has 1 heterocycles. The van der Waals surface area contributed by atoms with E-state index in [9.17, 15) is 4.79 Å². The first-order valence-electron chi connectivity index (χ1n) is 9.71. The summed E-state index contributed by atoms with van der Waals surface area (Å²) in [5.41, 5.74) is 4.16. The highest BCUT2D eigenvalue weighted by Gasteiger charge is 2.11. The molecule has 3 aromatic carbocycles. The van der Waals surface area contributed by atoms with Gasteiger partial charge in [0.25, 0.3) is 5.91 Å². The zero-order valence-electron chi connectivity index (χ0n) is 16.6. The molecule has 6 nitrogen and oxygen atoms in total. The summed E-state index contributed by atoms with van der Waals surface area (Å²) in [7, 11) is 0. The molecule has 1 amide bonds. The Labute approximate surface area is 175 Å². The summed E-state index contributed by atoms with van der Waals surface area (Å²) in [6.45, 7) is 1.91. The molecule has 0 saturated heterocycles. The van der Waals surface area contributed by atoms with Gasteiger partial charge in [0.15, 0.2) is 6.61 Å². The van der Waals surface area contributed by atoms with Gasteiger partial charge in [-0.25, -0.2) is 9.67 Å². The average molecular weight is 398 g/mol. The van der Waals surface area contributed by atoms with Crippen LogP contribution in [0.5, 0.6) is 5.75 Å².